The Morgan fingerprint density at radius 1 is 0.919 bits per heavy atom. The van der Waals surface area contributed by atoms with Gasteiger partial charge in [-0.05, 0) is 62.0 Å². The van der Waals surface area contributed by atoms with Crippen LogP contribution in [0.2, 0.25) is 0 Å². The van der Waals surface area contributed by atoms with Gasteiger partial charge in [0.1, 0.15) is 17.1 Å². The molecule has 2 aromatic carbocycles. The lowest BCUT2D eigenvalue weighted by molar-refractivity contribution is 0.180. The third kappa shape index (κ3) is 5.49. The number of ether oxygens (including phenoxy) is 5. The number of nitrogens with zero attached hydrogens (tertiary/aromatic N) is 1. The Kier molecular flexibility index (Phi) is 8.48. The molecule has 0 N–H and O–H groups in total. The van der Waals surface area contributed by atoms with Crippen LogP contribution in [-0.4, -0.2) is 60.1 Å². The third-order valence-corrected chi connectivity index (χ3v) is 7.22. The van der Waals surface area contributed by atoms with Gasteiger partial charge in [0.25, 0.3) is 0 Å². The van der Waals surface area contributed by atoms with Crippen LogP contribution in [-0.2, 0) is 0 Å². The highest BCUT2D eigenvalue weighted by molar-refractivity contribution is 5.89. The van der Waals surface area contributed by atoms with Crippen molar-refractivity contribution in [3.8, 4) is 28.7 Å². The van der Waals surface area contributed by atoms with E-state index in [9.17, 15) is 4.79 Å². The molecule has 1 saturated heterocycles. The summed E-state index contributed by atoms with van der Waals surface area (Å²) in [6.45, 7) is 5.32. The molecule has 1 aromatic heterocycles. The molecule has 1 aliphatic heterocycles. The van der Waals surface area contributed by atoms with Gasteiger partial charge >= 0.3 is 5.63 Å². The Labute approximate surface area is 218 Å². The molecule has 4 rings (SSSR count). The number of fused-ring (bicyclic) bond motifs is 1. The maximum Gasteiger partial charge on any atom is 0.336 e. The Bertz CT molecular complexity index is 1260. The van der Waals surface area contributed by atoms with Gasteiger partial charge in [-0.1, -0.05) is 6.92 Å². The van der Waals surface area contributed by atoms with E-state index < -0.39 is 5.63 Å². The standard InChI is InChI=1S/C29H37NO7/c1-18-8-7-12-30(17-18)13-11-20(19-14-24(34-4)29(36-6)25(15-19)35-5)27-23(33-3)16-22(32-2)21-9-10-26(31)37-28(21)27/h9-10,14-16,18,20H,7-8,11-13,17H2,1-6H3/t18-,20+/m0/s1. The van der Waals surface area contributed by atoms with Gasteiger partial charge in [0.15, 0.2) is 11.5 Å². The molecule has 0 aliphatic carbocycles. The summed E-state index contributed by atoms with van der Waals surface area (Å²) in [5, 5.41) is 0.710. The van der Waals surface area contributed by atoms with Gasteiger partial charge < -0.3 is 33.0 Å². The fraction of sp³-hybridized carbons (Fsp3) is 0.483. The van der Waals surface area contributed by atoms with Gasteiger partial charge in [-0.15, -0.1) is 0 Å². The van der Waals surface area contributed by atoms with Crippen LogP contribution in [0.5, 0.6) is 28.7 Å². The third-order valence-electron chi connectivity index (χ3n) is 7.22. The van der Waals surface area contributed by atoms with Crippen molar-refractivity contribution in [2.24, 2.45) is 5.92 Å². The zero-order valence-corrected chi connectivity index (χ0v) is 22.6. The maximum absolute atomic E-state index is 12.4. The molecule has 8 heteroatoms. The van der Waals surface area contributed by atoms with Crippen LogP contribution in [0, 0.1) is 5.92 Å². The summed E-state index contributed by atoms with van der Waals surface area (Å²) < 4.78 is 34.2. The molecule has 2 atom stereocenters. The second-order valence-electron chi connectivity index (χ2n) is 9.54. The van der Waals surface area contributed by atoms with Crippen molar-refractivity contribution in [1.29, 1.82) is 0 Å². The van der Waals surface area contributed by atoms with Crippen molar-refractivity contribution >= 4 is 11.0 Å². The first-order valence-corrected chi connectivity index (χ1v) is 12.6. The minimum absolute atomic E-state index is 0.195. The number of rotatable bonds is 10. The molecule has 1 fully saturated rings. The van der Waals surface area contributed by atoms with E-state index in [0.29, 0.717) is 45.6 Å². The van der Waals surface area contributed by atoms with Gasteiger partial charge in [-0.2, -0.15) is 0 Å². The number of methoxy groups -OCH3 is 5. The second-order valence-corrected chi connectivity index (χ2v) is 9.54. The molecule has 0 amide bonds. The molecule has 0 radical (unpaired) electrons. The quantitative estimate of drug-likeness (QED) is 0.348. The van der Waals surface area contributed by atoms with Gasteiger partial charge in [0.2, 0.25) is 5.75 Å². The number of benzene rings is 2. The minimum Gasteiger partial charge on any atom is -0.496 e. The van der Waals surface area contributed by atoms with Crippen molar-refractivity contribution in [2.75, 3.05) is 55.2 Å². The van der Waals surface area contributed by atoms with Crippen molar-refractivity contribution in [3.63, 3.8) is 0 Å². The second kappa shape index (κ2) is 11.8. The van der Waals surface area contributed by atoms with Crippen LogP contribution < -0.4 is 29.3 Å². The molecule has 0 saturated carbocycles. The largest absolute Gasteiger partial charge is 0.496 e. The lowest BCUT2D eigenvalue weighted by Crippen LogP contribution is -2.35. The van der Waals surface area contributed by atoms with E-state index in [4.69, 9.17) is 28.1 Å². The molecule has 3 aromatic rings. The van der Waals surface area contributed by atoms with E-state index in [1.807, 2.05) is 18.2 Å². The fourth-order valence-corrected chi connectivity index (χ4v) is 5.45. The first-order valence-electron chi connectivity index (χ1n) is 12.6. The minimum atomic E-state index is -0.433. The lowest BCUT2D eigenvalue weighted by atomic mass is 9.85. The highest BCUT2D eigenvalue weighted by Gasteiger charge is 2.29. The van der Waals surface area contributed by atoms with Crippen LogP contribution in [0.1, 0.15) is 43.2 Å². The van der Waals surface area contributed by atoms with E-state index in [2.05, 4.69) is 11.8 Å². The van der Waals surface area contributed by atoms with Crippen molar-refractivity contribution in [3.05, 3.63) is 51.9 Å². The Hall–Kier alpha value is -3.39. The topological polar surface area (TPSA) is 79.6 Å². The highest BCUT2D eigenvalue weighted by Crippen LogP contribution is 2.47. The highest BCUT2D eigenvalue weighted by atomic mass is 16.5. The predicted octanol–water partition coefficient (Wildman–Crippen LogP) is 5.09. The molecule has 1 aliphatic rings. The van der Waals surface area contributed by atoms with Crippen molar-refractivity contribution < 1.29 is 28.1 Å². The molecule has 0 spiro atoms. The summed E-state index contributed by atoms with van der Waals surface area (Å²) in [6, 6.07) is 8.92. The summed E-state index contributed by atoms with van der Waals surface area (Å²) in [5.74, 6) is 3.29. The summed E-state index contributed by atoms with van der Waals surface area (Å²) in [5.41, 5.74) is 1.75. The van der Waals surface area contributed by atoms with Gasteiger partial charge in [0.05, 0.1) is 40.9 Å². The molecule has 37 heavy (non-hydrogen) atoms. The van der Waals surface area contributed by atoms with E-state index in [-0.39, 0.29) is 5.92 Å². The SMILES string of the molecule is COc1cc([C@@H](CCN2CCC[C@H](C)C2)c2c(OC)cc(OC)c3ccc(=O)oc23)cc(OC)c1OC. The summed E-state index contributed by atoms with van der Waals surface area (Å²) in [4.78, 5) is 14.9. The van der Waals surface area contributed by atoms with Crippen molar-refractivity contribution in [2.45, 2.75) is 32.1 Å². The van der Waals surface area contributed by atoms with Crippen LogP contribution in [0.3, 0.4) is 0 Å². The van der Waals surface area contributed by atoms with Gasteiger partial charge in [-0.3, -0.25) is 0 Å². The van der Waals surface area contributed by atoms with Crippen LogP contribution in [0.4, 0.5) is 0 Å². The Balaban J connectivity index is 1.93. The first-order chi connectivity index (χ1) is 17.9. The first kappa shape index (κ1) is 26.7. The fourth-order valence-electron chi connectivity index (χ4n) is 5.45. The van der Waals surface area contributed by atoms with Gasteiger partial charge in [0, 0.05) is 30.2 Å². The zero-order chi connectivity index (χ0) is 26.5. The average molecular weight is 512 g/mol. The number of hydrogen-bond donors (Lipinski definition) is 0. The Morgan fingerprint density at radius 3 is 2.19 bits per heavy atom. The average Bonchev–Trinajstić information content (AvgIpc) is 2.92. The summed E-state index contributed by atoms with van der Waals surface area (Å²) in [6.07, 6.45) is 3.22. The lowest BCUT2D eigenvalue weighted by Gasteiger charge is -2.32. The van der Waals surface area contributed by atoms with Crippen LogP contribution >= 0.6 is 0 Å². The monoisotopic (exact) mass is 511 g/mol. The van der Waals surface area contributed by atoms with Gasteiger partial charge in [-0.25, -0.2) is 4.79 Å². The molecule has 2 heterocycles. The summed E-state index contributed by atoms with van der Waals surface area (Å²) >= 11 is 0. The van der Waals surface area contributed by atoms with Crippen molar-refractivity contribution in [1.82, 2.24) is 4.90 Å². The zero-order valence-electron chi connectivity index (χ0n) is 22.6. The number of piperidine rings is 1. The molecular formula is C29H37NO7. The molecule has 8 nitrogen and oxygen atoms in total. The Morgan fingerprint density at radius 2 is 1.59 bits per heavy atom. The molecular weight excluding hydrogens is 474 g/mol. The number of hydrogen-bond acceptors (Lipinski definition) is 8. The maximum atomic E-state index is 12.4. The predicted molar refractivity (Wildman–Crippen MR) is 143 cm³/mol. The van der Waals surface area contributed by atoms with E-state index >= 15 is 0 Å². The van der Waals surface area contributed by atoms with E-state index in [1.165, 1.54) is 18.9 Å². The number of likely N-dealkylation sites (tertiary alicyclic amines) is 1. The van der Waals surface area contributed by atoms with E-state index in [1.54, 1.807) is 41.6 Å². The molecule has 0 bridgehead atoms. The van der Waals surface area contributed by atoms with E-state index in [0.717, 1.165) is 37.2 Å². The molecule has 0 unspecified atom stereocenters. The smallest absolute Gasteiger partial charge is 0.336 e. The van der Waals surface area contributed by atoms with Crippen LogP contribution in [0.25, 0.3) is 11.0 Å². The normalized spacial score (nSPS) is 16.9. The summed E-state index contributed by atoms with van der Waals surface area (Å²) in [7, 11) is 8.00. The van der Waals surface area contributed by atoms with Crippen LogP contribution in [0.15, 0.2) is 39.5 Å². The molecule has 200 valence electrons.